The maximum atomic E-state index is 13.0. The van der Waals surface area contributed by atoms with Crippen LogP contribution in [0.3, 0.4) is 0 Å². The lowest BCUT2D eigenvalue weighted by molar-refractivity contribution is 0.320. The Kier molecular flexibility index (Phi) is 2.59. The van der Waals surface area contributed by atoms with Gasteiger partial charge in [-0.25, -0.2) is 4.39 Å². The van der Waals surface area contributed by atoms with Gasteiger partial charge in [0, 0.05) is 5.69 Å². The molecule has 0 saturated heterocycles. The minimum atomic E-state index is -1.02. The molecule has 0 amide bonds. The Labute approximate surface area is 64.8 Å². The Hall–Kier alpha value is -0.900. The van der Waals surface area contributed by atoms with Gasteiger partial charge < -0.3 is 5.73 Å². The zero-order valence-corrected chi connectivity index (χ0v) is 6.47. The third kappa shape index (κ3) is 2.01. The first kappa shape index (κ1) is 8.20. The van der Waals surface area contributed by atoms with Gasteiger partial charge in [0.1, 0.15) is 6.17 Å². The summed E-state index contributed by atoms with van der Waals surface area (Å²) in [6, 6.07) is 1.69. The maximum Gasteiger partial charge on any atom is 0.145 e. The second kappa shape index (κ2) is 3.48. The van der Waals surface area contributed by atoms with Crippen molar-refractivity contribution in [3.05, 3.63) is 17.5 Å². The maximum absolute atomic E-state index is 13.0. The molecule has 0 spiro atoms. The molecule has 1 unspecified atom stereocenters. The molecule has 0 fully saturated rings. The third-order valence-electron chi connectivity index (χ3n) is 1.47. The van der Waals surface area contributed by atoms with Crippen molar-refractivity contribution in [1.82, 2.24) is 10.2 Å². The van der Waals surface area contributed by atoms with Crippen LogP contribution >= 0.6 is 0 Å². The highest BCUT2D eigenvalue weighted by Gasteiger charge is 2.10. The molecule has 0 radical (unpaired) electrons. The number of aromatic amines is 1. The van der Waals surface area contributed by atoms with E-state index in [1.165, 1.54) is 0 Å². The summed E-state index contributed by atoms with van der Waals surface area (Å²) < 4.78 is 13.0. The van der Waals surface area contributed by atoms with E-state index >= 15 is 0 Å². The first-order valence-electron chi connectivity index (χ1n) is 3.60. The predicted molar refractivity (Wildman–Crippen MR) is 40.8 cm³/mol. The second-order valence-electron chi connectivity index (χ2n) is 2.52. The molecule has 1 atom stereocenters. The lowest BCUT2D eigenvalue weighted by atomic mass is 10.2. The van der Waals surface area contributed by atoms with E-state index in [0.717, 1.165) is 5.69 Å². The molecule has 3 nitrogen and oxygen atoms in total. The van der Waals surface area contributed by atoms with Crippen molar-refractivity contribution < 1.29 is 4.39 Å². The Morgan fingerprint density at radius 1 is 1.82 bits per heavy atom. The van der Waals surface area contributed by atoms with Crippen LogP contribution in [0, 0.1) is 6.92 Å². The summed E-state index contributed by atoms with van der Waals surface area (Å²) in [5.41, 5.74) is 6.52. The van der Waals surface area contributed by atoms with Crippen LogP contribution in [0.5, 0.6) is 0 Å². The van der Waals surface area contributed by atoms with E-state index in [-0.39, 0.29) is 0 Å². The van der Waals surface area contributed by atoms with Gasteiger partial charge in [0.2, 0.25) is 0 Å². The van der Waals surface area contributed by atoms with Crippen LogP contribution in [0.2, 0.25) is 0 Å². The van der Waals surface area contributed by atoms with Crippen LogP contribution < -0.4 is 5.73 Å². The molecular weight excluding hydrogens is 145 g/mol. The minimum Gasteiger partial charge on any atom is -0.330 e. The van der Waals surface area contributed by atoms with Gasteiger partial charge in [-0.1, -0.05) is 0 Å². The summed E-state index contributed by atoms with van der Waals surface area (Å²) in [6.07, 6.45) is -0.686. The van der Waals surface area contributed by atoms with Crippen LogP contribution in [0.15, 0.2) is 6.07 Å². The lowest BCUT2D eigenvalue weighted by Gasteiger charge is -2.00. The number of nitrogens with two attached hydrogens (primary N) is 1. The Bertz CT molecular complexity index is 221. The minimum absolute atomic E-state index is 0.338. The molecule has 0 aliphatic rings. The standard InChI is InChI=1S/C7H12FN3/c1-5-4-7(11-10-5)6(8)2-3-9/h4,6H,2-3,9H2,1H3,(H,10,11). The molecule has 0 aliphatic carbocycles. The number of rotatable bonds is 3. The number of aromatic nitrogens is 2. The van der Waals surface area contributed by atoms with E-state index in [4.69, 9.17) is 5.73 Å². The van der Waals surface area contributed by atoms with E-state index in [9.17, 15) is 4.39 Å². The number of hydrogen-bond donors (Lipinski definition) is 2. The molecule has 3 N–H and O–H groups in total. The molecule has 0 aromatic carbocycles. The Balaban J connectivity index is 2.60. The SMILES string of the molecule is Cc1cc(C(F)CCN)n[nH]1. The molecule has 0 aliphatic heterocycles. The second-order valence-corrected chi connectivity index (χ2v) is 2.52. The first-order valence-corrected chi connectivity index (χ1v) is 3.60. The smallest absolute Gasteiger partial charge is 0.145 e. The van der Waals surface area contributed by atoms with Crippen LogP contribution in [-0.2, 0) is 0 Å². The molecule has 1 aromatic rings. The highest BCUT2D eigenvalue weighted by atomic mass is 19.1. The molecule has 4 heteroatoms. The van der Waals surface area contributed by atoms with Gasteiger partial charge in [0.05, 0.1) is 5.69 Å². The average Bonchev–Trinajstić information content (AvgIpc) is 2.36. The fraction of sp³-hybridized carbons (Fsp3) is 0.571. The van der Waals surface area contributed by atoms with E-state index in [0.29, 0.717) is 18.7 Å². The van der Waals surface area contributed by atoms with E-state index in [2.05, 4.69) is 10.2 Å². The molecule has 1 aromatic heterocycles. The predicted octanol–water partition coefficient (Wildman–Crippen LogP) is 1.08. The zero-order valence-electron chi connectivity index (χ0n) is 6.47. The summed E-state index contributed by atoms with van der Waals surface area (Å²) in [5.74, 6) is 0. The van der Waals surface area contributed by atoms with Crippen molar-refractivity contribution in [3.8, 4) is 0 Å². The van der Waals surface area contributed by atoms with Gasteiger partial charge in [0.15, 0.2) is 0 Å². The number of nitrogens with one attached hydrogen (secondary N) is 1. The Morgan fingerprint density at radius 2 is 2.55 bits per heavy atom. The molecule has 0 bridgehead atoms. The fourth-order valence-corrected chi connectivity index (χ4v) is 0.894. The molecule has 0 saturated carbocycles. The van der Waals surface area contributed by atoms with E-state index < -0.39 is 6.17 Å². The van der Waals surface area contributed by atoms with Crippen molar-refractivity contribution in [2.24, 2.45) is 5.73 Å². The van der Waals surface area contributed by atoms with Gasteiger partial charge in [-0.15, -0.1) is 0 Å². The third-order valence-corrected chi connectivity index (χ3v) is 1.47. The van der Waals surface area contributed by atoms with Crippen LogP contribution in [0.4, 0.5) is 4.39 Å². The summed E-state index contributed by atoms with van der Waals surface area (Å²) >= 11 is 0. The highest BCUT2D eigenvalue weighted by molar-refractivity contribution is 5.09. The van der Waals surface area contributed by atoms with Crippen LogP contribution in [0.1, 0.15) is 24.0 Å². The van der Waals surface area contributed by atoms with Crippen LogP contribution in [-0.4, -0.2) is 16.7 Å². The number of nitrogens with zero attached hydrogens (tertiary/aromatic N) is 1. The molecule has 1 rings (SSSR count). The van der Waals surface area contributed by atoms with Gasteiger partial charge in [0.25, 0.3) is 0 Å². The van der Waals surface area contributed by atoms with Crippen molar-refractivity contribution in [2.45, 2.75) is 19.5 Å². The zero-order chi connectivity index (χ0) is 8.27. The van der Waals surface area contributed by atoms with Gasteiger partial charge in [-0.05, 0) is 26.0 Å². The summed E-state index contributed by atoms with van der Waals surface area (Å²) in [4.78, 5) is 0. The number of H-pyrrole nitrogens is 1. The monoisotopic (exact) mass is 157 g/mol. The largest absolute Gasteiger partial charge is 0.330 e. The molecule has 1 heterocycles. The topological polar surface area (TPSA) is 54.7 Å². The normalized spacial score (nSPS) is 13.4. The number of alkyl halides is 1. The molecule has 62 valence electrons. The lowest BCUT2D eigenvalue weighted by Crippen LogP contribution is -2.03. The highest BCUT2D eigenvalue weighted by Crippen LogP contribution is 2.18. The van der Waals surface area contributed by atoms with Crippen molar-refractivity contribution in [1.29, 1.82) is 0 Å². The van der Waals surface area contributed by atoms with Crippen molar-refractivity contribution >= 4 is 0 Å². The van der Waals surface area contributed by atoms with Crippen molar-refractivity contribution in [3.63, 3.8) is 0 Å². The molecular formula is C7H12FN3. The summed E-state index contributed by atoms with van der Waals surface area (Å²) in [5, 5.41) is 6.46. The number of halogens is 1. The quantitative estimate of drug-likeness (QED) is 0.689. The Morgan fingerprint density at radius 3 is 3.00 bits per heavy atom. The first-order chi connectivity index (χ1) is 5.24. The summed E-state index contributed by atoms with van der Waals surface area (Å²) in [6.45, 7) is 2.19. The number of hydrogen-bond acceptors (Lipinski definition) is 2. The van der Waals surface area contributed by atoms with Crippen LogP contribution in [0.25, 0.3) is 0 Å². The number of aryl methyl sites for hydroxylation is 1. The fourth-order valence-electron chi connectivity index (χ4n) is 0.894. The van der Waals surface area contributed by atoms with Gasteiger partial charge >= 0.3 is 0 Å². The van der Waals surface area contributed by atoms with E-state index in [1.54, 1.807) is 6.07 Å². The van der Waals surface area contributed by atoms with Crippen molar-refractivity contribution in [2.75, 3.05) is 6.54 Å². The van der Waals surface area contributed by atoms with Gasteiger partial charge in [-0.3, -0.25) is 5.10 Å². The van der Waals surface area contributed by atoms with E-state index in [1.807, 2.05) is 6.92 Å². The average molecular weight is 157 g/mol. The summed E-state index contributed by atoms with van der Waals surface area (Å²) in [7, 11) is 0. The molecule has 11 heavy (non-hydrogen) atoms. The van der Waals surface area contributed by atoms with Gasteiger partial charge in [-0.2, -0.15) is 5.10 Å².